The summed E-state index contributed by atoms with van der Waals surface area (Å²) >= 11 is 0. The number of halogens is 1. The second kappa shape index (κ2) is 12.3. The molecule has 4 rings (SSSR count). The molecule has 0 spiro atoms. The van der Waals surface area contributed by atoms with Crippen molar-refractivity contribution in [3.63, 3.8) is 0 Å². The van der Waals surface area contributed by atoms with Crippen molar-refractivity contribution in [1.82, 2.24) is 30.4 Å². The maximum absolute atomic E-state index is 5.16. The number of aryl methyl sites for hydroxylation is 1. The summed E-state index contributed by atoms with van der Waals surface area (Å²) in [4.78, 5) is 16.4. The van der Waals surface area contributed by atoms with Crippen LogP contribution in [0.3, 0.4) is 0 Å². The Bertz CT molecular complexity index is 881. The maximum atomic E-state index is 5.16. The first-order chi connectivity index (χ1) is 15.2. The predicted octanol–water partition coefficient (Wildman–Crippen LogP) is 2.50. The van der Waals surface area contributed by atoms with E-state index in [9.17, 15) is 0 Å². The normalized spacial score (nSPS) is 18.6. The Morgan fingerprint density at radius 2 is 2.12 bits per heavy atom. The van der Waals surface area contributed by atoms with Crippen LogP contribution in [0.4, 0.5) is 5.82 Å². The summed E-state index contributed by atoms with van der Waals surface area (Å²) in [6.07, 6.45) is 7.63. The van der Waals surface area contributed by atoms with E-state index in [-0.39, 0.29) is 30.0 Å². The van der Waals surface area contributed by atoms with E-state index in [4.69, 9.17) is 9.73 Å². The molecule has 1 fully saturated rings. The molecule has 10 heteroatoms. The van der Waals surface area contributed by atoms with Crippen LogP contribution in [0.2, 0.25) is 0 Å². The third-order valence-electron chi connectivity index (χ3n) is 5.77. The Morgan fingerprint density at radius 1 is 1.28 bits per heavy atom. The third kappa shape index (κ3) is 6.53. The SMILES string of the molecule is CCNC(=NCc1ccnc(N2CCCCC2)c1)NC1CCc2nc(COC)nn2C1.I. The molecule has 0 radical (unpaired) electrons. The van der Waals surface area contributed by atoms with Gasteiger partial charge in [0.1, 0.15) is 18.2 Å². The van der Waals surface area contributed by atoms with E-state index >= 15 is 0 Å². The maximum Gasteiger partial charge on any atom is 0.191 e. The van der Waals surface area contributed by atoms with E-state index < -0.39 is 0 Å². The van der Waals surface area contributed by atoms with Crippen molar-refractivity contribution >= 4 is 35.8 Å². The van der Waals surface area contributed by atoms with Crippen molar-refractivity contribution in [1.29, 1.82) is 0 Å². The first kappa shape index (κ1) is 24.7. The van der Waals surface area contributed by atoms with Crippen molar-refractivity contribution in [3.05, 3.63) is 35.5 Å². The molecule has 2 N–H and O–H groups in total. The van der Waals surface area contributed by atoms with Crippen LogP contribution < -0.4 is 15.5 Å². The van der Waals surface area contributed by atoms with Crippen LogP contribution in [0.15, 0.2) is 23.3 Å². The molecule has 9 nitrogen and oxygen atoms in total. The van der Waals surface area contributed by atoms with Crippen molar-refractivity contribution in [2.75, 3.05) is 31.6 Å². The van der Waals surface area contributed by atoms with E-state index in [2.05, 4.69) is 49.7 Å². The summed E-state index contributed by atoms with van der Waals surface area (Å²) in [5, 5.41) is 11.5. The molecule has 0 aromatic carbocycles. The third-order valence-corrected chi connectivity index (χ3v) is 5.77. The van der Waals surface area contributed by atoms with Crippen LogP contribution in [-0.4, -0.2) is 58.5 Å². The van der Waals surface area contributed by atoms with Gasteiger partial charge in [-0.2, -0.15) is 5.10 Å². The van der Waals surface area contributed by atoms with Gasteiger partial charge in [-0.3, -0.25) is 0 Å². The highest BCUT2D eigenvalue weighted by Gasteiger charge is 2.22. The van der Waals surface area contributed by atoms with Crippen LogP contribution in [0.1, 0.15) is 49.8 Å². The lowest BCUT2D eigenvalue weighted by Gasteiger charge is -2.28. The number of guanidine groups is 1. The zero-order valence-electron chi connectivity index (χ0n) is 19.1. The second-order valence-corrected chi connectivity index (χ2v) is 8.20. The fraction of sp³-hybridized carbons (Fsp3) is 0.636. The van der Waals surface area contributed by atoms with E-state index in [0.717, 1.165) is 62.4 Å². The lowest BCUT2D eigenvalue weighted by molar-refractivity contribution is 0.177. The minimum absolute atomic E-state index is 0. The molecule has 2 aliphatic heterocycles. The average Bonchev–Trinajstić information content (AvgIpc) is 3.20. The van der Waals surface area contributed by atoms with Gasteiger partial charge in [-0.25, -0.2) is 19.6 Å². The smallest absolute Gasteiger partial charge is 0.191 e. The minimum Gasteiger partial charge on any atom is -0.377 e. The molecule has 176 valence electrons. The molecule has 1 atom stereocenters. The highest BCUT2D eigenvalue weighted by atomic mass is 127. The van der Waals surface area contributed by atoms with Gasteiger partial charge in [0.15, 0.2) is 11.8 Å². The average molecular weight is 554 g/mol. The first-order valence-electron chi connectivity index (χ1n) is 11.4. The van der Waals surface area contributed by atoms with Crippen LogP contribution in [0.25, 0.3) is 0 Å². The number of rotatable bonds is 7. The molecule has 0 bridgehead atoms. The van der Waals surface area contributed by atoms with Gasteiger partial charge < -0.3 is 20.3 Å². The minimum atomic E-state index is 0. The number of hydrogen-bond acceptors (Lipinski definition) is 6. The van der Waals surface area contributed by atoms with Gasteiger partial charge in [-0.05, 0) is 50.3 Å². The molecule has 2 aromatic heterocycles. The monoisotopic (exact) mass is 554 g/mol. The van der Waals surface area contributed by atoms with Crippen LogP contribution in [0.5, 0.6) is 0 Å². The van der Waals surface area contributed by atoms with Gasteiger partial charge in [0.2, 0.25) is 0 Å². The Morgan fingerprint density at radius 3 is 2.91 bits per heavy atom. The number of aromatic nitrogens is 4. The van der Waals surface area contributed by atoms with Crippen molar-refractivity contribution in [2.24, 2.45) is 4.99 Å². The number of piperidine rings is 1. The predicted molar refractivity (Wildman–Crippen MR) is 137 cm³/mol. The number of hydrogen-bond donors (Lipinski definition) is 2. The molecule has 2 aromatic rings. The standard InChI is InChI=1S/C22H34N8O.HI/c1-3-23-22(26-18-7-8-20-27-19(16-31-2)28-30(20)15-18)25-14-17-9-10-24-21(13-17)29-11-5-4-6-12-29;/h9-10,13,18H,3-8,11-12,14-16H2,1-2H3,(H2,23,25,26);1H. The topological polar surface area (TPSA) is 92.5 Å². The van der Waals surface area contributed by atoms with Gasteiger partial charge in [0.25, 0.3) is 0 Å². The summed E-state index contributed by atoms with van der Waals surface area (Å²) < 4.78 is 7.15. The molecule has 0 amide bonds. The van der Waals surface area contributed by atoms with E-state index in [1.807, 2.05) is 10.9 Å². The summed E-state index contributed by atoms with van der Waals surface area (Å²) in [7, 11) is 1.67. The lowest BCUT2D eigenvalue weighted by Crippen LogP contribution is -2.47. The lowest BCUT2D eigenvalue weighted by atomic mass is 10.1. The summed E-state index contributed by atoms with van der Waals surface area (Å²) in [5.74, 6) is 3.70. The molecular formula is C22H35IN8O. The number of nitrogens with one attached hydrogen (secondary N) is 2. The molecule has 1 unspecified atom stereocenters. The Hall–Kier alpha value is -1.95. The molecule has 4 heterocycles. The van der Waals surface area contributed by atoms with Gasteiger partial charge in [0.05, 0.1) is 13.1 Å². The van der Waals surface area contributed by atoms with Crippen molar-refractivity contribution < 1.29 is 4.74 Å². The summed E-state index contributed by atoms with van der Waals surface area (Å²) in [6.45, 7) is 6.96. The number of aliphatic imine (C=N–C) groups is 1. The van der Waals surface area contributed by atoms with Crippen molar-refractivity contribution in [3.8, 4) is 0 Å². The summed E-state index contributed by atoms with van der Waals surface area (Å²) in [6, 6.07) is 4.50. The first-order valence-corrected chi connectivity index (χ1v) is 11.4. The highest BCUT2D eigenvalue weighted by Crippen LogP contribution is 2.19. The largest absolute Gasteiger partial charge is 0.377 e. The fourth-order valence-electron chi connectivity index (χ4n) is 4.21. The highest BCUT2D eigenvalue weighted by molar-refractivity contribution is 14.0. The van der Waals surface area contributed by atoms with E-state index in [1.165, 1.54) is 24.8 Å². The zero-order valence-corrected chi connectivity index (χ0v) is 21.4. The number of ether oxygens (including phenoxy) is 1. The molecule has 1 saturated heterocycles. The van der Waals surface area contributed by atoms with Crippen LogP contribution in [0, 0.1) is 0 Å². The fourth-order valence-corrected chi connectivity index (χ4v) is 4.21. The molecule has 32 heavy (non-hydrogen) atoms. The number of pyridine rings is 1. The Kier molecular flexibility index (Phi) is 9.51. The van der Waals surface area contributed by atoms with Gasteiger partial charge in [-0.1, -0.05) is 0 Å². The van der Waals surface area contributed by atoms with E-state index in [0.29, 0.717) is 13.2 Å². The Labute approximate surface area is 207 Å². The molecular weight excluding hydrogens is 519 g/mol. The zero-order chi connectivity index (χ0) is 21.5. The van der Waals surface area contributed by atoms with Crippen LogP contribution in [-0.2, 0) is 30.9 Å². The van der Waals surface area contributed by atoms with Crippen molar-refractivity contribution in [2.45, 2.75) is 64.8 Å². The van der Waals surface area contributed by atoms with Gasteiger partial charge >= 0.3 is 0 Å². The Balaban J connectivity index is 0.00000289. The van der Waals surface area contributed by atoms with Gasteiger partial charge in [-0.15, -0.1) is 24.0 Å². The van der Waals surface area contributed by atoms with Gasteiger partial charge in [0, 0.05) is 45.4 Å². The number of nitrogens with zero attached hydrogens (tertiary/aromatic N) is 6. The molecule has 0 aliphatic carbocycles. The van der Waals surface area contributed by atoms with Crippen LogP contribution >= 0.6 is 24.0 Å². The summed E-state index contributed by atoms with van der Waals surface area (Å²) in [5.41, 5.74) is 1.18. The molecule has 2 aliphatic rings. The number of fused-ring (bicyclic) bond motifs is 1. The molecule has 0 saturated carbocycles. The quantitative estimate of drug-likeness (QED) is 0.309. The second-order valence-electron chi connectivity index (χ2n) is 8.20. The number of methoxy groups -OCH3 is 1. The van der Waals surface area contributed by atoms with E-state index in [1.54, 1.807) is 7.11 Å². The number of anilines is 1.